The molecule has 2 atom stereocenters. The fourth-order valence-corrected chi connectivity index (χ4v) is 6.04. The predicted molar refractivity (Wildman–Crippen MR) is 101 cm³/mol. The van der Waals surface area contributed by atoms with Gasteiger partial charge in [-0.3, -0.25) is 4.79 Å². The predicted octanol–water partition coefficient (Wildman–Crippen LogP) is -1.08. The second-order valence-corrected chi connectivity index (χ2v) is 9.60. The van der Waals surface area contributed by atoms with E-state index in [4.69, 9.17) is 16.3 Å². The number of sulfone groups is 1. The molecule has 0 saturated carbocycles. The van der Waals surface area contributed by atoms with Crippen molar-refractivity contribution in [3.63, 3.8) is 0 Å². The molecule has 2 aliphatic heterocycles. The van der Waals surface area contributed by atoms with Gasteiger partial charge in [-0.05, 0) is 12.1 Å². The molecule has 0 spiro atoms. The van der Waals surface area contributed by atoms with Crippen molar-refractivity contribution < 1.29 is 22.8 Å². The maximum absolute atomic E-state index is 12.2. The summed E-state index contributed by atoms with van der Waals surface area (Å²) in [6.07, 6.45) is 0. The van der Waals surface area contributed by atoms with E-state index >= 15 is 0 Å². The van der Waals surface area contributed by atoms with Crippen molar-refractivity contribution in [2.24, 2.45) is 0 Å². The Morgan fingerprint density at radius 1 is 1.35 bits per heavy atom. The Labute approximate surface area is 159 Å². The van der Waals surface area contributed by atoms with Gasteiger partial charge in [-0.1, -0.05) is 6.07 Å². The van der Waals surface area contributed by atoms with Crippen molar-refractivity contribution >= 4 is 33.0 Å². The first kappa shape index (κ1) is 19.3. The van der Waals surface area contributed by atoms with Gasteiger partial charge in [0.1, 0.15) is 5.75 Å². The summed E-state index contributed by atoms with van der Waals surface area (Å²) in [6, 6.07) is 7.48. The largest absolute Gasteiger partial charge is 0.497 e. The third-order valence-corrected chi connectivity index (χ3v) is 7.30. The molecule has 7 nitrogen and oxygen atoms in total. The monoisotopic (exact) mass is 402 g/mol. The Hall–Kier alpha value is -1.51. The summed E-state index contributed by atoms with van der Waals surface area (Å²) in [5.41, 5.74) is 1.12. The Balaban J connectivity index is 1.47. The molecule has 26 heavy (non-hydrogen) atoms. The molecule has 2 saturated heterocycles. The van der Waals surface area contributed by atoms with Gasteiger partial charge in [-0.25, -0.2) is 8.42 Å². The van der Waals surface area contributed by atoms with Gasteiger partial charge < -0.3 is 19.9 Å². The standard InChI is InChI=1S/C17H24ClN3O4S/c1-25-14-4-2-3-13(9-14)21-7-5-20(6-8-21)10-17(22)19-16-12-26(23,24)11-15(16)18/h2-4,9,15-16H,5-8,10-12H2,1H3,(H,19,22)/p+1/t15-,16+/m1/s1. The molecular formula is C17H25ClN3O4S+. The van der Waals surface area contributed by atoms with Gasteiger partial charge in [0.15, 0.2) is 16.4 Å². The number of piperazine rings is 1. The van der Waals surface area contributed by atoms with Gasteiger partial charge in [0.2, 0.25) is 0 Å². The summed E-state index contributed by atoms with van der Waals surface area (Å²) in [6.45, 7) is 3.74. The van der Waals surface area contributed by atoms with Crippen molar-refractivity contribution in [1.82, 2.24) is 5.32 Å². The maximum atomic E-state index is 12.2. The Morgan fingerprint density at radius 3 is 2.69 bits per heavy atom. The lowest BCUT2D eigenvalue weighted by atomic mass is 10.2. The van der Waals surface area contributed by atoms with Crippen LogP contribution in [0.25, 0.3) is 0 Å². The van der Waals surface area contributed by atoms with Crippen molar-refractivity contribution in [3.8, 4) is 5.75 Å². The average Bonchev–Trinajstić information content (AvgIpc) is 2.87. The second-order valence-electron chi connectivity index (χ2n) is 6.88. The van der Waals surface area contributed by atoms with E-state index in [-0.39, 0.29) is 17.4 Å². The van der Waals surface area contributed by atoms with Gasteiger partial charge in [-0.2, -0.15) is 0 Å². The summed E-state index contributed by atoms with van der Waals surface area (Å²) >= 11 is 6.04. The molecule has 0 radical (unpaired) electrons. The van der Waals surface area contributed by atoms with Crippen LogP contribution in [0.15, 0.2) is 24.3 Å². The Morgan fingerprint density at radius 2 is 2.08 bits per heavy atom. The Bertz CT molecular complexity index is 750. The molecule has 1 aromatic carbocycles. The van der Waals surface area contributed by atoms with Gasteiger partial charge >= 0.3 is 0 Å². The minimum absolute atomic E-state index is 0.0636. The zero-order valence-corrected chi connectivity index (χ0v) is 16.4. The van der Waals surface area contributed by atoms with Crippen LogP contribution in [-0.2, 0) is 14.6 Å². The number of rotatable bonds is 5. The van der Waals surface area contributed by atoms with Crippen LogP contribution in [0.2, 0.25) is 0 Å². The molecule has 2 heterocycles. The van der Waals surface area contributed by atoms with Crippen LogP contribution in [0, 0.1) is 0 Å². The first-order chi connectivity index (χ1) is 12.4. The third kappa shape index (κ3) is 4.81. The number of halogens is 1. The molecule has 0 bridgehead atoms. The highest BCUT2D eigenvalue weighted by Crippen LogP contribution is 2.20. The molecule has 144 valence electrons. The highest BCUT2D eigenvalue weighted by Gasteiger charge is 2.37. The SMILES string of the molecule is COc1cccc(N2CC[NH+](CC(=O)N[C@H]3CS(=O)(=O)C[C@H]3Cl)CC2)c1. The van der Waals surface area contributed by atoms with Gasteiger partial charge in [0, 0.05) is 11.8 Å². The number of methoxy groups -OCH3 is 1. The molecule has 2 N–H and O–H groups in total. The number of carbonyl (C=O) groups excluding carboxylic acids is 1. The minimum Gasteiger partial charge on any atom is -0.497 e. The van der Waals surface area contributed by atoms with Gasteiger partial charge in [-0.15, -0.1) is 11.6 Å². The number of hydrogen-bond acceptors (Lipinski definition) is 5. The van der Waals surface area contributed by atoms with Crippen LogP contribution in [0.5, 0.6) is 5.75 Å². The number of ether oxygens (including phenoxy) is 1. The van der Waals surface area contributed by atoms with Crippen molar-refractivity contribution in [2.75, 3.05) is 56.2 Å². The van der Waals surface area contributed by atoms with Gasteiger partial charge in [0.25, 0.3) is 5.91 Å². The summed E-state index contributed by atoms with van der Waals surface area (Å²) in [4.78, 5) is 15.7. The van der Waals surface area contributed by atoms with E-state index in [1.807, 2.05) is 18.2 Å². The van der Waals surface area contributed by atoms with E-state index in [1.54, 1.807) is 7.11 Å². The quantitative estimate of drug-likeness (QED) is 0.612. The average molecular weight is 403 g/mol. The number of amides is 1. The fraction of sp³-hybridized carbons (Fsp3) is 0.588. The second kappa shape index (κ2) is 8.02. The van der Waals surface area contributed by atoms with E-state index in [9.17, 15) is 13.2 Å². The zero-order valence-electron chi connectivity index (χ0n) is 14.8. The van der Waals surface area contributed by atoms with Crippen molar-refractivity contribution in [1.29, 1.82) is 0 Å². The molecule has 2 fully saturated rings. The molecular weight excluding hydrogens is 378 g/mol. The topological polar surface area (TPSA) is 80.2 Å². The molecule has 3 rings (SSSR count). The summed E-state index contributed by atoms with van der Waals surface area (Å²) in [7, 11) is -1.48. The number of nitrogens with one attached hydrogen (secondary N) is 2. The first-order valence-electron chi connectivity index (χ1n) is 8.73. The zero-order chi connectivity index (χ0) is 18.7. The first-order valence-corrected chi connectivity index (χ1v) is 11.0. The number of alkyl halides is 1. The fourth-order valence-electron chi connectivity index (χ4n) is 3.49. The van der Waals surface area contributed by atoms with E-state index in [0.29, 0.717) is 6.54 Å². The van der Waals surface area contributed by atoms with Crippen LogP contribution in [-0.4, -0.2) is 77.1 Å². The van der Waals surface area contributed by atoms with Crippen molar-refractivity contribution in [2.45, 2.75) is 11.4 Å². The number of quaternary nitrogens is 1. The van der Waals surface area contributed by atoms with E-state index in [1.165, 1.54) is 4.90 Å². The lowest BCUT2D eigenvalue weighted by Crippen LogP contribution is -3.16. The van der Waals surface area contributed by atoms with Crippen LogP contribution >= 0.6 is 11.6 Å². The summed E-state index contributed by atoms with van der Waals surface area (Å²) in [5.74, 6) is 0.568. The highest BCUT2D eigenvalue weighted by atomic mass is 35.5. The van der Waals surface area contributed by atoms with E-state index in [0.717, 1.165) is 37.6 Å². The number of carbonyl (C=O) groups is 1. The summed E-state index contributed by atoms with van der Waals surface area (Å²) in [5, 5.41) is 2.25. The molecule has 0 unspecified atom stereocenters. The number of anilines is 1. The van der Waals surface area contributed by atoms with E-state index < -0.39 is 21.3 Å². The lowest BCUT2D eigenvalue weighted by Gasteiger charge is -2.33. The van der Waals surface area contributed by atoms with Crippen LogP contribution in [0.1, 0.15) is 0 Å². The van der Waals surface area contributed by atoms with Crippen molar-refractivity contribution in [3.05, 3.63) is 24.3 Å². The summed E-state index contributed by atoms with van der Waals surface area (Å²) < 4.78 is 28.4. The number of hydrogen-bond donors (Lipinski definition) is 2. The molecule has 0 aromatic heterocycles. The van der Waals surface area contributed by atoms with E-state index in [2.05, 4.69) is 16.3 Å². The molecule has 0 aliphatic carbocycles. The lowest BCUT2D eigenvalue weighted by molar-refractivity contribution is -0.892. The maximum Gasteiger partial charge on any atom is 0.275 e. The molecule has 9 heteroatoms. The van der Waals surface area contributed by atoms with Crippen LogP contribution < -0.4 is 19.9 Å². The highest BCUT2D eigenvalue weighted by molar-refractivity contribution is 7.91. The van der Waals surface area contributed by atoms with Gasteiger partial charge in [0.05, 0.1) is 56.2 Å². The molecule has 2 aliphatic rings. The van der Waals surface area contributed by atoms with Crippen LogP contribution in [0.4, 0.5) is 5.69 Å². The number of nitrogens with zero attached hydrogens (tertiary/aromatic N) is 1. The normalized spacial score (nSPS) is 25.8. The third-order valence-electron chi connectivity index (χ3n) is 4.93. The molecule has 1 amide bonds. The minimum atomic E-state index is -3.14. The smallest absolute Gasteiger partial charge is 0.275 e. The number of benzene rings is 1. The van der Waals surface area contributed by atoms with Crippen LogP contribution in [0.3, 0.4) is 0 Å². The molecule has 1 aromatic rings. The Kier molecular flexibility index (Phi) is 5.94.